The molecule has 0 heterocycles. The van der Waals surface area contributed by atoms with Gasteiger partial charge in [-0.05, 0) is 37.3 Å². The van der Waals surface area contributed by atoms with Gasteiger partial charge in [-0.25, -0.2) is 0 Å². The van der Waals surface area contributed by atoms with Crippen molar-refractivity contribution in [1.82, 2.24) is 0 Å². The van der Waals surface area contributed by atoms with Crippen molar-refractivity contribution in [2.75, 3.05) is 5.88 Å². The van der Waals surface area contributed by atoms with Crippen molar-refractivity contribution >= 4 is 17.6 Å². The standard InChI is InChI=1S/C17H25ClO3/c1-12(8-9-18)6-7-15-16(3,4)10-14(21-13(2)19)11-17(15,5)20/h6,8,14,20H,9-11H2,1-5H3/b12-8+/t7?,14-,17+/m0/s1. The van der Waals surface area contributed by atoms with Gasteiger partial charge in [0.2, 0.25) is 0 Å². The molecule has 0 saturated heterocycles. The molecule has 3 nitrogen and oxygen atoms in total. The lowest BCUT2D eigenvalue weighted by Gasteiger charge is -2.44. The second kappa shape index (κ2) is 6.83. The molecule has 4 heteroatoms. The molecule has 1 aliphatic rings. The molecule has 0 amide bonds. The predicted molar refractivity (Wildman–Crippen MR) is 85.3 cm³/mol. The van der Waals surface area contributed by atoms with Gasteiger partial charge in [0.15, 0.2) is 0 Å². The van der Waals surface area contributed by atoms with Gasteiger partial charge in [-0.2, -0.15) is 0 Å². The Morgan fingerprint density at radius 3 is 2.52 bits per heavy atom. The minimum absolute atomic E-state index is 0.266. The molecule has 0 spiro atoms. The molecular weight excluding hydrogens is 288 g/mol. The van der Waals surface area contributed by atoms with Crippen LogP contribution in [-0.4, -0.2) is 28.7 Å². The molecule has 0 aromatic carbocycles. The summed E-state index contributed by atoms with van der Waals surface area (Å²) in [6.45, 7) is 9.17. The van der Waals surface area contributed by atoms with Crippen LogP contribution >= 0.6 is 11.6 Å². The van der Waals surface area contributed by atoms with E-state index in [0.717, 1.165) is 11.1 Å². The zero-order chi connectivity index (χ0) is 16.3. The van der Waals surface area contributed by atoms with Gasteiger partial charge in [-0.3, -0.25) is 4.79 Å². The summed E-state index contributed by atoms with van der Waals surface area (Å²) in [6, 6.07) is 0. The highest BCUT2D eigenvalue weighted by molar-refractivity contribution is 6.18. The summed E-state index contributed by atoms with van der Waals surface area (Å²) in [5.41, 5.74) is 3.74. The topological polar surface area (TPSA) is 46.5 Å². The number of allylic oxidation sites excluding steroid dienone is 2. The summed E-state index contributed by atoms with van der Waals surface area (Å²) >= 11 is 5.67. The lowest BCUT2D eigenvalue weighted by Crippen LogP contribution is -2.46. The maximum atomic E-state index is 11.2. The molecule has 1 rings (SSSR count). The number of hydrogen-bond donors (Lipinski definition) is 1. The third-order valence-electron chi connectivity index (χ3n) is 3.75. The number of halogens is 1. The van der Waals surface area contributed by atoms with E-state index in [1.807, 2.05) is 32.9 Å². The zero-order valence-electron chi connectivity index (χ0n) is 13.5. The summed E-state index contributed by atoms with van der Waals surface area (Å²) in [7, 11) is 0. The number of rotatable bonds is 3. The fourth-order valence-corrected chi connectivity index (χ4v) is 3.30. The van der Waals surface area contributed by atoms with Crippen molar-refractivity contribution in [1.29, 1.82) is 0 Å². The van der Waals surface area contributed by atoms with Crippen LogP contribution in [0, 0.1) is 5.41 Å². The van der Waals surface area contributed by atoms with Gasteiger partial charge < -0.3 is 9.84 Å². The predicted octanol–water partition coefficient (Wildman–Crippen LogP) is 3.76. The third kappa shape index (κ3) is 5.03. The first kappa shape index (κ1) is 18.0. The number of carbonyl (C=O) groups is 1. The van der Waals surface area contributed by atoms with Gasteiger partial charge in [0.05, 0.1) is 5.60 Å². The lowest BCUT2D eigenvalue weighted by molar-refractivity contribution is -0.152. The number of carbonyl (C=O) groups excluding carboxylic acids is 1. The van der Waals surface area contributed by atoms with Gasteiger partial charge in [0.1, 0.15) is 6.10 Å². The van der Waals surface area contributed by atoms with E-state index < -0.39 is 5.60 Å². The van der Waals surface area contributed by atoms with Crippen LogP contribution in [0.5, 0.6) is 0 Å². The highest BCUT2D eigenvalue weighted by Crippen LogP contribution is 2.46. The van der Waals surface area contributed by atoms with Crippen molar-refractivity contribution in [3.8, 4) is 0 Å². The van der Waals surface area contributed by atoms with Crippen LogP contribution in [0.3, 0.4) is 0 Å². The van der Waals surface area contributed by atoms with Crippen LogP contribution in [0.2, 0.25) is 0 Å². The Bertz CT molecular complexity index is 474. The monoisotopic (exact) mass is 312 g/mol. The molecule has 0 radical (unpaired) electrons. The Labute approximate surface area is 132 Å². The minimum Gasteiger partial charge on any atom is -0.462 e. The van der Waals surface area contributed by atoms with Crippen LogP contribution in [0.15, 0.2) is 29.0 Å². The summed E-state index contributed by atoms with van der Waals surface area (Å²) in [5, 5.41) is 10.7. The molecule has 0 unspecified atom stereocenters. The van der Waals surface area contributed by atoms with E-state index in [1.54, 1.807) is 6.92 Å². The average molecular weight is 313 g/mol. The second-order valence-electron chi connectivity index (χ2n) is 6.56. The molecular formula is C17H25ClO3. The Hall–Kier alpha value is -1.02. The fraction of sp³-hybridized carbons (Fsp3) is 0.647. The van der Waals surface area contributed by atoms with Crippen LogP contribution in [-0.2, 0) is 9.53 Å². The number of aliphatic hydroxyl groups is 1. The summed E-state index contributed by atoms with van der Waals surface area (Å²) in [6.07, 6.45) is 4.54. The average Bonchev–Trinajstić information content (AvgIpc) is 2.24. The molecule has 1 N–H and O–H groups in total. The normalized spacial score (nSPS) is 28.8. The smallest absolute Gasteiger partial charge is 0.302 e. The largest absolute Gasteiger partial charge is 0.462 e. The molecule has 1 saturated carbocycles. The number of ether oxygens (including phenoxy) is 1. The lowest BCUT2D eigenvalue weighted by atomic mass is 9.65. The van der Waals surface area contributed by atoms with E-state index in [2.05, 4.69) is 5.73 Å². The van der Waals surface area contributed by atoms with Crippen molar-refractivity contribution < 1.29 is 14.6 Å². The van der Waals surface area contributed by atoms with E-state index in [1.165, 1.54) is 6.92 Å². The Morgan fingerprint density at radius 2 is 2.05 bits per heavy atom. The summed E-state index contributed by atoms with van der Waals surface area (Å²) < 4.78 is 5.30. The minimum atomic E-state index is -1.04. The molecule has 0 aromatic heterocycles. The van der Waals surface area contributed by atoms with Crippen LogP contribution in [0.1, 0.15) is 47.5 Å². The third-order valence-corrected chi connectivity index (χ3v) is 3.91. The first-order valence-electron chi connectivity index (χ1n) is 7.18. The van der Waals surface area contributed by atoms with Gasteiger partial charge in [-0.1, -0.05) is 19.9 Å². The van der Waals surface area contributed by atoms with E-state index >= 15 is 0 Å². The first-order chi connectivity index (χ1) is 9.58. The first-order valence-corrected chi connectivity index (χ1v) is 7.72. The highest BCUT2D eigenvalue weighted by Gasteiger charge is 2.46. The quantitative estimate of drug-likeness (QED) is 0.373. The molecule has 21 heavy (non-hydrogen) atoms. The van der Waals surface area contributed by atoms with Gasteiger partial charge in [0, 0.05) is 24.8 Å². The molecule has 1 aliphatic carbocycles. The van der Waals surface area contributed by atoms with Gasteiger partial charge in [0.25, 0.3) is 0 Å². The summed E-state index contributed by atoms with van der Waals surface area (Å²) in [4.78, 5) is 11.2. The maximum absolute atomic E-state index is 11.2. The maximum Gasteiger partial charge on any atom is 0.302 e. The van der Waals surface area contributed by atoms with E-state index in [-0.39, 0.29) is 17.5 Å². The van der Waals surface area contributed by atoms with Crippen molar-refractivity contribution in [2.24, 2.45) is 5.41 Å². The molecule has 0 aromatic rings. The zero-order valence-corrected chi connectivity index (χ0v) is 14.3. The number of alkyl halides is 1. The number of hydrogen-bond acceptors (Lipinski definition) is 3. The molecule has 2 atom stereocenters. The Morgan fingerprint density at radius 1 is 1.43 bits per heavy atom. The van der Waals surface area contributed by atoms with E-state index in [9.17, 15) is 9.90 Å². The molecule has 0 aliphatic heterocycles. The van der Waals surface area contributed by atoms with Crippen LogP contribution in [0.25, 0.3) is 0 Å². The fourth-order valence-electron chi connectivity index (χ4n) is 3.05. The van der Waals surface area contributed by atoms with Crippen LogP contribution < -0.4 is 0 Å². The second-order valence-corrected chi connectivity index (χ2v) is 6.87. The Balaban J connectivity index is 3.13. The van der Waals surface area contributed by atoms with Crippen LogP contribution in [0.4, 0.5) is 0 Å². The Kier molecular flexibility index (Phi) is 5.86. The van der Waals surface area contributed by atoms with Crippen molar-refractivity contribution in [3.63, 3.8) is 0 Å². The molecule has 1 fully saturated rings. The van der Waals surface area contributed by atoms with E-state index in [0.29, 0.717) is 18.7 Å². The molecule has 0 bridgehead atoms. The number of esters is 1. The van der Waals surface area contributed by atoms with Crippen molar-refractivity contribution in [2.45, 2.75) is 59.2 Å². The summed E-state index contributed by atoms with van der Waals surface area (Å²) in [5.74, 6) is 0.142. The van der Waals surface area contributed by atoms with Gasteiger partial charge in [-0.15, -0.1) is 17.3 Å². The van der Waals surface area contributed by atoms with Gasteiger partial charge >= 0.3 is 5.97 Å². The van der Waals surface area contributed by atoms with Crippen molar-refractivity contribution in [3.05, 3.63) is 29.0 Å². The molecule has 118 valence electrons. The highest BCUT2D eigenvalue weighted by atomic mass is 35.5. The SMILES string of the molecule is CC(=O)O[C@H]1CC(C)(C)C(=C=C/C(C)=C/CCl)[C@](C)(O)C1. The van der Waals surface area contributed by atoms with E-state index in [4.69, 9.17) is 16.3 Å².